The highest BCUT2D eigenvalue weighted by Crippen LogP contribution is 2.22. The molecule has 0 N–H and O–H groups in total. The number of carbonyl (C=O) groups excluding carboxylic acids is 1. The van der Waals surface area contributed by atoms with Crippen LogP contribution >= 0.6 is 0 Å². The number of hydrogen-bond acceptors (Lipinski definition) is 4. The van der Waals surface area contributed by atoms with Crippen molar-refractivity contribution in [1.82, 2.24) is 9.80 Å². The van der Waals surface area contributed by atoms with E-state index in [2.05, 4.69) is 9.64 Å². The number of ether oxygens (including phenoxy) is 2. The van der Waals surface area contributed by atoms with E-state index in [9.17, 15) is 13.6 Å². The number of halogens is 2. The van der Waals surface area contributed by atoms with Gasteiger partial charge < -0.3 is 14.4 Å². The van der Waals surface area contributed by atoms with Gasteiger partial charge in [0.1, 0.15) is 11.4 Å². The van der Waals surface area contributed by atoms with E-state index >= 15 is 0 Å². The molecular weight excluding hydrogens is 354 g/mol. The highest BCUT2D eigenvalue weighted by Gasteiger charge is 2.25. The molecule has 152 valence electrons. The summed E-state index contributed by atoms with van der Waals surface area (Å²) in [5.74, 6) is 0.557. The number of likely N-dealkylation sites (tertiary alicyclic amines) is 1. The van der Waals surface area contributed by atoms with Crippen molar-refractivity contribution in [2.75, 3.05) is 26.7 Å². The molecule has 1 fully saturated rings. The highest BCUT2D eigenvalue weighted by molar-refractivity contribution is 5.67. The lowest BCUT2D eigenvalue weighted by Gasteiger charge is -2.35. The molecule has 0 bridgehead atoms. The average Bonchev–Trinajstić information content (AvgIpc) is 2.55. The molecule has 1 heterocycles. The molecule has 1 aromatic rings. The zero-order valence-corrected chi connectivity index (χ0v) is 16.6. The van der Waals surface area contributed by atoms with Crippen LogP contribution in [0.4, 0.5) is 13.6 Å². The molecule has 5 nitrogen and oxygen atoms in total. The van der Waals surface area contributed by atoms with Crippen LogP contribution in [0.1, 0.15) is 39.2 Å². The minimum atomic E-state index is -2.80. The molecular formula is C20H30F2N2O3. The first-order valence-electron chi connectivity index (χ1n) is 9.32. The smallest absolute Gasteiger partial charge is 0.410 e. The Morgan fingerprint density at radius 1 is 1.30 bits per heavy atom. The lowest BCUT2D eigenvalue weighted by molar-refractivity contribution is -0.0498. The van der Waals surface area contributed by atoms with Crippen LogP contribution in [0.25, 0.3) is 0 Å². The van der Waals surface area contributed by atoms with Crippen molar-refractivity contribution in [1.29, 1.82) is 0 Å². The van der Waals surface area contributed by atoms with Gasteiger partial charge in [-0.25, -0.2) is 4.79 Å². The van der Waals surface area contributed by atoms with Gasteiger partial charge in [0.2, 0.25) is 0 Å². The van der Waals surface area contributed by atoms with E-state index < -0.39 is 12.2 Å². The molecule has 0 aromatic heterocycles. The van der Waals surface area contributed by atoms with Gasteiger partial charge in [-0.1, -0.05) is 12.1 Å². The Labute approximate surface area is 160 Å². The quantitative estimate of drug-likeness (QED) is 0.731. The molecule has 1 atom stereocenters. The zero-order valence-electron chi connectivity index (χ0n) is 16.6. The van der Waals surface area contributed by atoms with E-state index in [4.69, 9.17) is 4.74 Å². The summed E-state index contributed by atoms with van der Waals surface area (Å²) in [6, 6.07) is 6.76. The zero-order chi connectivity index (χ0) is 20.0. The summed E-state index contributed by atoms with van der Waals surface area (Å²) in [6.45, 7) is 6.06. The number of rotatable bonds is 6. The van der Waals surface area contributed by atoms with Crippen molar-refractivity contribution >= 4 is 6.09 Å². The molecule has 0 radical (unpaired) electrons. The molecule has 1 aromatic carbocycles. The maximum atomic E-state index is 12.2. The number of amides is 1. The third kappa shape index (κ3) is 7.71. The van der Waals surface area contributed by atoms with Crippen LogP contribution in [0.3, 0.4) is 0 Å². The second-order valence-electron chi connectivity index (χ2n) is 8.13. The number of piperidine rings is 1. The first-order valence-corrected chi connectivity index (χ1v) is 9.32. The first kappa shape index (κ1) is 21.4. The van der Waals surface area contributed by atoms with Gasteiger partial charge in [-0.15, -0.1) is 0 Å². The van der Waals surface area contributed by atoms with Crippen LogP contribution in [0.5, 0.6) is 5.75 Å². The highest BCUT2D eigenvalue weighted by atomic mass is 19.3. The molecule has 2 rings (SSSR count). The molecule has 27 heavy (non-hydrogen) atoms. The first-order chi connectivity index (χ1) is 12.6. The molecule has 1 saturated heterocycles. The van der Waals surface area contributed by atoms with Gasteiger partial charge >= 0.3 is 12.7 Å². The third-order valence-electron chi connectivity index (χ3n) is 4.40. The van der Waals surface area contributed by atoms with Gasteiger partial charge in [0.05, 0.1) is 0 Å². The predicted octanol–water partition coefficient (Wildman–Crippen LogP) is 4.37. The summed E-state index contributed by atoms with van der Waals surface area (Å²) in [5, 5.41) is 0. The number of alkyl halides is 2. The van der Waals surface area contributed by atoms with Gasteiger partial charge in [-0.2, -0.15) is 8.78 Å². The summed E-state index contributed by atoms with van der Waals surface area (Å²) < 4.78 is 34.2. The lowest BCUT2D eigenvalue weighted by Crippen LogP contribution is -2.42. The van der Waals surface area contributed by atoms with Crippen molar-refractivity contribution in [3.8, 4) is 5.75 Å². The average molecular weight is 384 g/mol. The normalized spacial score (nSPS) is 18.4. The maximum Gasteiger partial charge on any atom is 0.410 e. The Morgan fingerprint density at radius 2 is 1.96 bits per heavy atom. The molecule has 1 amide bonds. The Kier molecular flexibility index (Phi) is 7.41. The van der Waals surface area contributed by atoms with E-state index in [0.717, 1.165) is 38.0 Å². The number of hydrogen-bond donors (Lipinski definition) is 0. The van der Waals surface area contributed by atoms with Crippen LogP contribution in [0.2, 0.25) is 0 Å². The Morgan fingerprint density at radius 3 is 2.56 bits per heavy atom. The second-order valence-corrected chi connectivity index (χ2v) is 8.13. The summed E-state index contributed by atoms with van der Waals surface area (Å²) in [4.78, 5) is 16.1. The van der Waals surface area contributed by atoms with Crippen molar-refractivity contribution in [2.45, 2.75) is 52.4 Å². The van der Waals surface area contributed by atoms with E-state index in [1.165, 1.54) is 0 Å². The van der Waals surface area contributed by atoms with Gasteiger partial charge in [-0.05, 0) is 63.8 Å². The fraction of sp³-hybridized carbons (Fsp3) is 0.650. The topological polar surface area (TPSA) is 42.0 Å². The van der Waals surface area contributed by atoms with Crippen LogP contribution in [0.15, 0.2) is 24.3 Å². The van der Waals surface area contributed by atoms with Gasteiger partial charge in [0, 0.05) is 26.7 Å². The van der Waals surface area contributed by atoms with Crippen LogP contribution in [-0.2, 0) is 11.3 Å². The molecule has 1 aliphatic heterocycles. The number of benzene rings is 1. The molecule has 0 aliphatic carbocycles. The summed E-state index contributed by atoms with van der Waals surface area (Å²) in [5.41, 5.74) is 0.558. The molecule has 0 saturated carbocycles. The number of nitrogens with zero attached hydrogens (tertiary/aromatic N) is 2. The van der Waals surface area contributed by atoms with Crippen molar-refractivity contribution in [2.24, 2.45) is 5.92 Å². The van der Waals surface area contributed by atoms with E-state index in [1.54, 1.807) is 24.1 Å². The summed E-state index contributed by atoms with van der Waals surface area (Å²) in [6.07, 6.45) is 1.85. The largest absolute Gasteiger partial charge is 0.444 e. The molecule has 0 spiro atoms. The van der Waals surface area contributed by atoms with E-state index in [-0.39, 0.29) is 11.8 Å². The third-order valence-corrected chi connectivity index (χ3v) is 4.40. The van der Waals surface area contributed by atoms with E-state index in [1.807, 2.05) is 32.9 Å². The molecule has 7 heteroatoms. The SMILES string of the molecule is CN(CC1CCCN(Cc2ccc(OC(F)F)cc2)C1)C(=O)OC(C)(C)C. The van der Waals surface area contributed by atoms with Crippen LogP contribution in [-0.4, -0.2) is 54.8 Å². The van der Waals surface area contributed by atoms with E-state index in [0.29, 0.717) is 12.5 Å². The summed E-state index contributed by atoms with van der Waals surface area (Å²) >= 11 is 0. The Hall–Kier alpha value is -1.89. The lowest BCUT2D eigenvalue weighted by atomic mass is 9.97. The fourth-order valence-electron chi connectivity index (χ4n) is 3.28. The van der Waals surface area contributed by atoms with Crippen LogP contribution < -0.4 is 4.74 Å². The second kappa shape index (κ2) is 9.35. The van der Waals surface area contributed by atoms with Gasteiger partial charge in [0.15, 0.2) is 0 Å². The minimum absolute atomic E-state index is 0.171. The number of carbonyl (C=O) groups is 1. The Balaban J connectivity index is 1.84. The molecule has 1 unspecified atom stereocenters. The summed E-state index contributed by atoms with van der Waals surface area (Å²) in [7, 11) is 1.77. The van der Waals surface area contributed by atoms with Crippen molar-refractivity contribution < 1.29 is 23.0 Å². The maximum absolute atomic E-state index is 12.2. The van der Waals surface area contributed by atoms with Crippen molar-refractivity contribution in [3.63, 3.8) is 0 Å². The van der Waals surface area contributed by atoms with Crippen LogP contribution in [0, 0.1) is 5.92 Å². The monoisotopic (exact) mass is 384 g/mol. The van der Waals surface area contributed by atoms with Gasteiger partial charge in [-0.3, -0.25) is 4.90 Å². The molecule has 1 aliphatic rings. The minimum Gasteiger partial charge on any atom is -0.444 e. The Bertz CT molecular complexity index is 602. The van der Waals surface area contributed by atoms with Gasteiger partial charge in [0.25, 0.3) is 0 Å². The predicted molar refractivity (Wildman–Crippen MR) is 99.9 cm³/mol. The fourth-order valence-corrected chi connectivity index (χ4v) is 3.28. The van der Waals surface area contributed by atoms with Crippen molar-refractivity contribution in [3.05, 3.63) is 29.8 Å². The standard InChI is InChI=1S/C20H30F2N2O3/c1-20(2,3)27-19(25)23(4)12-16-6-5-11-24(14-16)13-15-7-9-17(10-8-15)26-18(21)22/h7-10,16,18H,5-6,11-14H2,1-4H3.